The number of pyridine rings is 1. The van der Waals surface area contributed by atoms with Gasteiger partial charge in [-0.1, -0.05) is 6.07 Å². The number of anilines is 2. The summed E-state index contributed by atoms with van der Waals surface area (Å²) in [6, 6.07) is 7.33. The highest BCUT2D eigenvalue weighted by Crippen LogP contribution is 2.32. The van der Waals surface area contributed by atoms with E-state index in [4.69, 9.17) is 4.74 Å². The van der Waals surface area contributed by atoms with Gasteiger partial charge in [0.15, 0.2) is 0 Å². The fourth-order valence-electron chi connectivity index (χ4n) is 1.98. The van der Waals surface area contributed by atoms with E-state index in [-0.39, 0.29) is 5.75 Å². The first-order chi connectivity index (χ1) is 10.0. The third-order valence-electron chi connectivity index (χ3n) is 3.05. The number of benzene rings is 1. The Morgan fingerprint density at radius 3 is 2.71 bits per heavy atom. The number of hydrogen-bond acceptors (Lipinski definition) is 5. The zero-order valence-electron chi connectivity index (χ0n) is 12.2. The van der Waals surface area contributed by atoms with Crippen molar-refractivity contribution in [3.05, 3.63) is 40.5 Å². The van der Waals surface area contributed by atoms with Crippen molar-refractivity contribution < 1.29 is 9.84 Å². The van der Waals surface area contributed by atoms with Crippen molar-refractivity contribution in [1.29, 1.82) is 0 Å². The van der Waals surface area contributed by atoms with Gasteiger partial charge in [-0.05, 0) is 39.7 Å². The zero-order valence-corrected chi connectivity index (χ0v) is 13.8. The second-order valence-corrected chi connectivity index (χ2v) is 5.60. The normalized spacial score (nSPS) is 10.3. The third kappa shape index (κ3) is 3.58. The molecule has 0 atom stereocenters. The number of hydrogen-bond donors (Lipinski definition) is 2. The van der Waals surface area contributed by atoms with E-state index in [0.717, 1.165) is 16.9 Å². The third-order valence-corrected chi connectivity index (χ3v) is 3.69. The molecule has 0 aliphatic rings. The number of methoxy groups -OCH3 is 1. The molecule has 1 aromatic carbocycles. The van der Waals surface area contributed by atoms with E-state index < -0.39 is 0 Å². The van der Waals surface area contributed by atoms with Gasteiger partial charge in [0.05, 0.1) is 17.3 Å². The number of halogens is 1. The molecule has 1 aromatic heterocycles. The molecular weight excluding hydrogens is 334 g/mol. The van der Waals surface area contributed by atoms with E-state index in [1.54, 1.807) is 19.4 Å². The van der Waals surface area contributed by atoms with Crippen LogP contribution in [0.25, 0.3) is 0 Å². The molecule has 0 radical (unpaired) electrons. The van der Waals surface area contributed by atoms with Crippen molar-refractivity contribution in [3.8, 4) is 11.6 Å². The fraction of sp³-hybridized carbons (Fsp3) is 0.267. The molecule has 21 heavy (non-hydrogen) atoms. The van der Waals surface area contributed by atoms with Crippen molar-refractivity contribution in [3.63, 3.8) is 0 Å². The topological polar surface area (TPSA) is 57.6 Å². The molecule has 2 rings (SSSR count). The van der Waals surface area contributed by atoms with E-state index in [0.29, 0.717) is 16.9 Å². The molecule has 0 saturated carbocycles. The van der Waals surface area contributed by atoms with Gasteiger partial charge < -0.3 is 20.1 Å². The maximum Gasteiger partial charge on any atom is 0.239 e. The lowest BCUT2D eigenvalue weighted by molar-refractivity contribution is 0.400. The van der Waals surface area contributed by atoms with Gasteiger partial charge in [0, 0.05) is 26.8 Å². The van der Waals surface area contributed by atoms with Crippen molar-refractivity contribution in [2.45, 2.75) is 6.54 Å². The summed E-state index contributed by atoms with van der Waals surface area (Å²) in [6.45, 7) is 0.599. The van der Waals surface area contributed by atoms with Crippen LogP contribution < -0.4 is 15.0 Å². The van der Waals surface area contributed by atoms with Crippen LogP contribution in [0.15, 0.2) is 34.9 Å². The molecule has 2 N–H and O–H groups in total. The molecule has 5 nitrogen and oxygen atoms in total. The minimum absolute atomic E-state index is 0.228. The molecule has 0 unspecified atom stereocenters. The van der Waals surface area contributed by atoms with Crippen LogP contribution in [0.1, 0.15) is 5.56 Å². The Labute approximate surface area is 132 Å². The van der Waals surface area contributed by atoms with Gasteiger partial charge in [0.1, 0.15) is 11.4 Å². The summed E-state index contributed by atoms with van der Waals surface area (Å²) in [5.41, 5.74) is 2.88. The van der Waals surface area contributed by atoms with Crippen molar-refractivity contribution in [2.24, 2.45) is 0 Å². The molecule has 0 aliphatic carbocycles. The molecule has 112 valence electrons. The van der Waals surface area contributed by atoms with Gasteiger partial charge >= 0.3 is 0 Å². The predicted molar refractivity (Wildman–Crippen MR) is 88.2 cm³/mol. The van der Waals surface area contributed by atoms with E-state index in [1.807, 2.05) is 37.2 Å². The number of ether oxygens (including phenoxy) is 1. The first-order valence-electron chi connectivity index (χ1n) is 6.44. The number of nitrogens with zero attached hydrogens (tertiary/aromatic N) is 2. The largest absolute Gasteiger partial charge is 0.507 e. The van der Waals surface area contributed by atoms with Gasteiger partial charge in [-0.15, -0.1) is 0 Å². The monoisotopic (exact) mass is 351 g/mol. The summed E-state index contributed by atoms with van der Waals surface area (Å²) in [4.78, 5) is 6.22. The average molecular weight is 352 g/mol. The van der Waals surface area contributed by atoms with E-state index in [9.17, 15) is 5.11 Å². The Morgan fingerprint density at radius 2 is 2.10 bits per heavy atom. The van der Waals surface area contributed by atoms with Crippen molar-refractivity contribution >= 4 is 27.3 Å². The van der Waals surface area contributed by atoms with E-state index in [2.05, 4.69) is 26.2 Å². The number of rotatable bonds is 5. The highest BCUT2D eigenvalue weighted by atomic mass is 79.9. The molecule has 0 amide bonds. The summed E-state index contributed by atoms with van der Waals surface area (Å²) in [7, 11) is 5.54. The molecule has 0 fully saturated rings. The summed E-state index contributed by atoms with van der Waals surface area (Å²) in [5, 5.41) is 12.9. The number of nitrogens with one attached hydrogen (secondary N) is 1. The second-order valence-electron chi connectivity index (χ2n) is 4.75. The van der Waals surface area contributed by atoms with Gasteiger partial charge in [-0.3, -0.25) is 0 Å². The molecule has 0 bridgehead atoms. The van der Waals surface area contributed by atoms with E-state index in [1.165, 1.54) is 0 Å². The van der Waals surface area contributed by atoms with Crippen LogP contribution in [0.3, 0.4) is 0 Å². The highest BCUT2D eigenvalue weighted by Gasteiger charge is 2.12. The number of phenolic OH excluding ortho intramolecular Hbond substituents is 1. The van der Waals surface area contributed by atoms with Crippen molar-refractivity contribution in [2.75, 3.05) is 31.4 Å². The Kier molecular flexibility index (Phi) is 4.90. The smallest absolute Gasteiger partial charge is 0.239 e. The molecular formula is C15H18BrN3O2. The Bertz CT molecular complexity index is 632. The fourth-order valence-corrected chi connectivity index (χ4v) is 2.40. The van der Waals surface area contributed by atoms with Crippen LogP contribution in [0, 0.1) is 0 Å². The maximum absolute atomic E-state index is 9.52. The number of aromatic nitrogens is 1. The van der Waals surface area contributed by atoms with Crippen LogP contribution in [0.5, 0.6) is 11.6 Å². The van der Waals surface area contributed by atoms with Crippen LogP contribution in [0.2, 0.25) is 0 Å². The highest BCUT2D eigenvalue weighted by molar-refractivity contribution is 9.10. The van der Waals surface area contributed by atoms with Crippen LogP contribution in [-0.2, 0) is 6.54 Å². The average Bonchev–Trinajstić information content (AvgIpc) is 2.48. The summed E-state index contributed by atoms with van der Waals surface area (Å²) in [5.74, 6) is 0.783. The SMILES string of the molecule is COc1nccc(N(C)C)c1NCc1ccc(O)c(Br)c1. The standard InChI is InChI=1S/C15H18BrN3O2/c1-19(2)12-6-7-17-15(21-3)14(12)18-9-10-4-5-13(20)11(16)8-10/h4-8,18,20H,9H2,1-3H3. The minimum Gasteiger partial charge on any atom is -0.507 e. The lowest BCUT2D eigenvalue weighted by Crippen LogP contribution is -2.13. The first-order valence-corrected chi connectivity index (χ1v) is 7.23. The Balaban J connectivity index is 2.24. The number of aromatic hydroxyl groups is 1. The lowest BCUT2D eigenvalue weighted by atomic mass is 10.2. The summed E-state index contributed by atoms with van der Waals surface area (Å²) in [6.07, 6.45) is 1.72. The molecule has 0 aliphatic heterocycles. The molecule has 1 heterocycles. The molecule has 2 aromatic rings. The predicted octanol–water partition coefficient (Wildman–Crippen LogP) is 3.24. The molecule has 0 spiro atoms. The van der Waals surface area contributed by atoms with E-state index >= 15 is 0 Å². The Morgan fingerprint density at radius 1 is 1.33 bits per heavy atom. The second kappa shape index (κ2) is 6.67. The summed E-state index contributed by atoms with van der Waals surface area (Å²) >= 11 is 3.32. The minimum atomic E-state index is 0.228. The summed E-state index contributed by atoms with van der Waals surface area (Å²) < 4.78 is 5.99. The quantitative estimate of drug-likeness (QED) is 0.865. The van der Waals surface area contributed by atoms with Gasteiger partial charge in [-0.2, -0.15) is 0 Å². The van der Waals surface area contributed by atoms with Crippen molar-refractivity contribution in [1.82, 2.24) is 4.98 Å². The zero-order chi connectivity index (χ0) is 15.4. The van der Waals surface area contributed by atoms with Crippen LogP contribution in [0.4, 0.5) is 11.4 Å². The maximum atomic E-state index is 9.52. The number of phenols is 1. The lowest BCUT2D eigenvalue weighted by Gasteiger charge is -2.20. The van der Waals surface area contributed by atoms with Crippen LogP contribution in [-0.4, -0.2) is 31.3 Å². The van der Waals surface area contributed by atoms with Crippen LogP contribution >= 0.6 is 15.9 Å². The van der Waals surface area contributed by atoms with Gasteiger partial charge in [0.25, 0.3) is 0 Å². The van der Waals surface area contributed by atoms with Gasteiger partial charge in [-0.25, -0.2) is 4.98 Å². The molecule has 0 saturated heterocycles. The first kappa shape index (κ1) is 15.4. The molecule has 6 heteroatoms. The Hall–Kier alpha value is -1.95. The van der Waals surface area contributed by atoms with Gasteiger partial charge in [0.2, 0.25) is 5.88 Å².